The number of aromatic nitrogens is 2. The van der Waals surface area contributed by atoms with Crippen LogP contribution in [0.2, 0.25) is 0 Å². The van der Waals surface area contributed by atoms with E-state index in [9.17, 15) is 14.4 Å². The molecule has 1 saturated heterocycles. The van der Waals surface area contributed by atoms with Gasteiger partial charge in [0.05, 0.1) is 31.8 Å². The van der Waals surface area contributed by atoms with Crippen molar-refractivity contribution >= 4 is 29.6 Å². The summed E-state index contributed by atoms with van der Waals surface area (Å²) in [6, 6.07) is 13.1. The van der Waals surface area contributed by atoms with E-state index >= 15 is 0 Å². The summed E-state index contributed by atoms with van der Waals surface area (Å²) >= 11 is 0. The molecule has 1 aliphatic carbocycles. The van der Waals surface area contributed by atoms with Gasteiger partial charge >= 0.3 is 0 Å². The summed E-state index contributed by atoms with van der Waals surface area (Å²) in [7, 11) is 0. The lowest BCUT2D eigenvalue weighted by Crippen LogP contribution is -2.58. The molecule has 7 bridgehead atoms. The van der Waals surface area contributed by atoms with E-state index in [4.69, 9.17) is 9.47 Å². The number of pyridine rings is 2. The fourth-order valence-corrected chi connectivity index (χ4v) is 7.09. The molecule has 10 nitrogen and oxygen atoms in total. The Bertz CT molecular complexity index is 1640. The molecule has 1 spiro atoms. The lowest BCUT2D eigenvalue weighted by molar-refractivity contribution is -0.140. The van der Waals surface area contributed by atoms with E-state index in [2.05, 4.69) is 39.7 Å². The van der Waals surface area contributed by atoms with Gasteiger partial charge in [-0.25, -0.2) is 4.98 Å². The van der Waals surface area contributed by atoms with Crippen molar-refractivity contribution in [3.63, 3.8) is 0 Å². The first-order valence-electron chi connectivity index (χ1n) is 15.2. The lowest BCUT2D eigenvalue weighted by atomic mass is 9.79. The highest BCUT2D eigenvalue weighted by molar-refractivity contribution is 6.06. The van der Waals surface area contributed by atoms with Crippen LogP contribution in [0.3, 0.4) is 0 Å². The Hall–Kier alpha value is -4.41. The normalized spacial score (nSPS) is 27.7. The molecule has 3 aliphatic heterocycles. The zero-order valence-electron chi connectivity index (χ0n) is 24.6. The van der Waals surface area contributed by atoms with Crippen LogP contribution in [0, 0.1) is 0 Å². The van der Waals surface area contributed by atoms with Crippen LogP contribution < -0.4 is 10.6 Å². The number of carbonyl (C=O) groups excluding carboxylic acids is 3. The smallest absolute Gasteiger partial charge is 0.270 e. The molecule has 5 heterocycles. The van der Waals surface area contributed by atoms with Crippen molar-refractivity contribution in [3.8, 4) is 0 Å². The van der Waals surface area contributed by atoms with E-state index in [0.717, 1.165) is 27.8 Å². The molecule has 4 aliphatic rings. The predicted octanol–water partition coefficient (Wildman–Crippen LogP) is 3.03. The van der Waals surface area contributed by atoms with Gasteiger partial charge in [0.1, 0.15) is 17.6 Å². The van der Waals surface area contributed by atoms with Gasteiger partial charge in [0.15, 0.2) is 0 Å². The summed E-state index contributed by atoms with van der Waals surface area (Å²) in [5, 5.41) is 5.95. The molecule has 0 saturated carbocycles. The number of nitrogens with zero attached hydrogens (tertiary/aromatic N) is 3. The maximum Gasteiger partial charge on any atom is 0.270 e. The van der Waals surface area contributed by atoms with Crippen LogP contribution in [0.5, 0.6) is 0 Å². The van der Waals surface area contributed by atoms with Crippen molar-refractivity contribution in [1.29, 1.82) is 0 Å². The summed E-state index contributed by atoms with van der Waals surface area (Å²) in [6.07, 6.45) is 8.67. The van der Waals surface area contributed by atoms with Crippen LogP contribution in [0.15, 0.2) is 60.9 Å². The van der Waals surface area contributed by atoms with Crippen LogP contribution in [0.4, 0.5) is 5.82 Å². The van der Waals surface area contributed by atoms with Crippen LogP contribution in [0.1, 0.15) is 57.6 Å². The molecule has 2 aromatic heterocycles. The average molecular weight is 594 g/mol. The van der Waals surface area contributed by atoms with Crippen molar-refractivity contribution in [2.24, 2.45) is 0 Å². The van der Waals surface area contributed by atoms with Gasteiger partial charge in [-0.1, -0.05) is 42.5 Å². The van der Waals surface area contributed by atoms with E-state index in [0.29, 0.717) is 58.1 Å². The Morgan fingerprint density at radius 1 is 0.955 bits per heavy atom. The molecule has 3 aromatic rings. The third kappa shape index (κ3) is 5.07. The summed E-state index contributed by atoms with van der Waals surface area (Å²) in [6.45, 7) is 4.04. The fraction of sp³-hybridized carbons (Fsp3) is 0.382. The minimum Gasteiger partial charge on any atom is -0.377 e. The molecule has 3 unspecified atom stereocenters. The molecule has 4 atom stereocenters. The molecule has 226 valence electrons. The largest absolute Gasteiger partial charge is 0.377 e. The van der Waals surface area contributed by atoms with E-state index < -0.39 is 17.4 Å². The van der Waals surface area contributed by atoms with Crippen LogP contribution in [0.25, 0.3) is 6.08 Å². The van der Waals surface area contributed by atoms with Crippen molar-refractivity contribution in [2.75, 3.05) is 38.3 Å². The molecular weight excluding hydrogens is 558 g/mol. The zero-order chi connectivity index (χ0) is 30.3. The number of anilines is 1. The molecule has 1 aromatic carbocycles. The number of ether oxygens (including phenoxy) is 2. The maximum atomic E-state index is 13.8. The number of hydrogen-bond acceptors (Lipinski definition) is 7. The SMILES string of the molecule is CC1C(c2ccccc2)CC2NC(=O)c3cc4c(cn3)C[C@]3(C4)C(=O)Nc4ncc(cc43)/C=C\COCCOCCN1C2=O. The lowest BCUT2D eigenvalue weighted by Gasteiger charge is -2.43. The first kappa shape index (κ1) is 28.4. The van der Waals surface area contributed by atoms with Gasteiger partial charge in [0.2, 0.25) is 11.8 Å². The van der Waals surface area contributed by atoms with Crippen LogP contribution >= 0.6 is 0 Å². The van der Waals surface area contributed by atoms with Gasteiger partial charge < -0.3 is 25.0 Å². The first-order valence-corrected chi connectivity index (χ1v) is 15.2. The highest BCUT2D eigenvalue weighted by Crippen LogP contribution is 2.47. The second-order valence-corrected chi connectivity index (χ2v) is 12.0. The average Bonchev–Trinajstić information content (AvgIpc) is 3.55. The van der Waals surface area contributed by atoms with Crippen molar-refractivity contribution in [2.45, 2.75) is 49.6 Å². The second kappa shape index (κ2) is 11.6. The van der Waals surface area contributed by atoms with E-state index in [1.807, 2.05) is 41.3 Å². The molecule has 7 rings (SSSR count). The van der Waals surface area contributed by atoms with Gasteiger partial charge in [0.25, 0.3) is 5.91 Å². The zero-order valence-corrected chi connectivity index (χ0v) is 24.6. The number of amides is 3. The van der Waals surface area contributed by atoms with Gasteiger partial charge in [0, 0.05) is 36.5 Å². The van der Waals surface area contributed by atoms with Crippen molar-refractivity contribution in [3.05, 3.63) is 94.4 Å². The molecule has 0 radical (unpaired) electrons. The summed E-state index contributed by atoms with van der Waals surface area (Å²) in [5.74, 6) is -0.0410. The summed E-state index contributed by atoms with van der Waals surface area (Å²) in [4.78, 5) is 51.6. The Morgan fingerprint density at radius 2 is 1.77 bits per heavy atom. The number of fused-ring (bicyclic) bond motifs is 4. The molecule has 2 N–H and O–H groups in total. The number of nitrogens with one attached hydrogen (secondary N) is 2. The van der Waals surface area contributed by atoms with Gasteiger partial charge in [-0.05, 0) is 60.6 Å². The number of rotatable bonds is 1. The minimum atomic E-state index is -0.810. The third-order valence-electron chi connectivity index (χ3n) is 9.44. The van der Waals surface area contributed by atoms with Crippen molar-refractivity contribution < 1.29 is 23.9 Å². The number of piperidine rings is 1. The molecule has 3 amide bonds. The quantitative estimate of drug-likeness (QED) is 0.445. The molecular formula is C34H35N5O5. The monoisotopic (exact) mass is 593 g/mol. The van der Waals surface area contributed by atoms with Crippen LogP contribution in [-0.4, -0.2) is 77.6 Å². The number of hydrogen-bond donors (Lipinski definition) is 2. The van der Waals surface area contributed by atoms with Gasteiger partial charge in [-0.3, -0.25) is 19.4 Å². The summed E-state index contributed by atoms with van der Waals surface area (Å²) < 4.78 is 11.6. The summed E-state index contributed by atoms with van der Waals surface area (Å²) in [5.41, 5.74) is 4.09. The van der Waals surface area contributed by atoms with Crippen molar-refractivity contribution in [1.82, 2.24) is 20.2 Å². The first-order chi connectivity index (χ1) is 21.4. The molecule has 10 heteroatoms. The number of benzene rings is 1. The minimum absolute atomic E-state index is 0.0344. The second-order valence-electron chi connectivity index (χ2n) is 12.0. The Morgan fingerprint density at radius 3 is 2.64 bits per heavy atom. The number of carbonyl (C=O) groups is 3. The Labute approximate surface area is 255 Å². The van der Waals surface area contributed by atoms with E-state index in [-0.39, 0.29) is 29.5 Å². The highest BCUT2D eigenvalue weighted by Gasteiger charge is 2.51. The van der Waals surface area contributed by atoms with E-state index in [1.165, 1.54) is 0 Å². The maximum absolute atomic E-state index is 13.8. The van der Waals surface area contributed by atoms with Crippen LogP contribution in [-0.2, 0) is 37.3 Å². The van der Waals surface area contributed by atoms with E-state index in [1.54, 1.807) is 18.5 Å². The third-order valence-corrected chi connectivity index (χ3v) is 9.44. The van der Waals surface area contributed by atoms with Gasteiger partial charge in [-0.2, -0.15) is 0 Å². The fourth-order valence-electron chi connectivity index (χ4n) is 7.09. The topological polar surface area (TPSA) is 123 Å². The molecule has 44 heavy (non-hydrogen) atoms. The van der Waals surface area contributed by atoms with Gasteiger partial charge in [-0.15, -0.1) is 0 Å². The Kier molecular flexibility index (Phi) is 7.47. The predicted molar refractivity (Wildman–Crippen MR) is 163 cm³/mol. The highest BCUT2D eigenvalue weighted by atomic mass is 16.5. The standard InChI is InChI=1S/C34H35N5O5/c1-21-26(23-7-3-2-4-8-23)16-29-32(41)39(21)9-11-44-13-12-43-10-5-6-22-14-27-30(36-19-22)38-33(42)34(27)17-24-15-28(31(40)37-29)35-20-25(24)18-34/h2-8,14-15,19-21,26,29H,9-13,16-18H2,1H3,(H,37,40)(H,36,38,42)/b6-5-/t21?,26?,29?,34-/m0/s1. The Balaban J connectivity index is 1.21. The molecule has 1 fully saturated rings.